The number of nitrogens with one attached hydrogen (secondary N) is 1. The second-order valence-corrected chi connectivity index (χ2v) is 7.16. The predicted molar refractivity (Wildman–Crippen MR) is 111 cm³/mol. The van der Waals surface area contributed by atoms with Crippen LogP contribution in [-0.4, -0.2) is 43.7 Å². The molecule has 0 bridgehead atoms. The average Bonchev–Trinajstić information content (AvgIpc) is 3.36. The topological polar surface area (TPSA) is 67.1 Å². The van der Waals surface area contributed by atoms with Crippen LogP contribution in [0.25, 0.3) is 11.4 Å². The van der Waals surface area contributed by atoms with Gasteiger partial charge in [-0.15, -0.1) is 0 Å². The van der Waals surface area contributed by atoms with Crippen LogP contribution < -0.4 is 9.64 Å². The molecule has 1 atom stereocenters. The van der Waals surface area contributed by atoms with Crippen molar-refractivity contribution in [3.05, 3.63) is 77.3 Å². The third-order valence-electron chi connectivity index (χ3n) is 4.54. The number of ether oxygens (including phenoxy) is 1. The first-order chi connectivity index (χ1) is 14.1. The molecule has 4 rings (SSSR count). The molecule has 0 aliphatic heterocycles. The molecule has 1 unspecified atom stereocenters. The maximum absolute atomic E-state index is 5.56. The van der Waals surface area contributed by atoms with Crippen LogP contribution in [0.4, 0.5) is 0 Å². The number of hydrogen-bond acceptors (Lipinski definition) is 5. The number of tetrazole rings is 1. The van der Waals surface area contributed by atoms with Gasteiger partial charge >= 0.3 is 0 Å². The van der Waals surface area contributed by atoms with Gasteiger partial charge < -0.3 is 9.64 Å². The predicted octanol–water partition coefficient (Wildman–Crippen LogP) is 1.66. The summed E-state index contributed by atoms with van der Waals surface area (Å²) in [6.45, 7) is 1.40. The average molecular weight is 409 g/mol. The van der Waals surface area contributed by atoms with Crippen LogP contribution in [0.3, 0.4) is 0 Å². The number of quaternary nitrogens is 1. The van der Waals surface area contributed by atoms with E-state index in [0.29, 0.717) is 11.4 Å². The summed E-state index contributed by atoms with van der Waals surface area (Å²) < 4.78 is 11.0. The monoisotopic (exact) mass is 408 g/mol. The maximum Gasteiger partial charge on any atom is 0.225 e. The van der Waals surface area contributed by atoms with E-state index in [1.807, 2.05) is 71.7 Å². The van der Waals surface area contributed by atoms with E-state index in [4.69, 9.17) is 17.0 Å². The number of rotatable bonds is 7. The second-order valence-electron chi connectivity index (χ2n) is 6.79. The highest BCUT2D eigenvalue weighted by Crippen LogP contribution is 2.14. The Balaban J connectivity index is 1.44. The number of para-hydroxylation sites is 1. The minimum atomic E-state index is 0.550. The van der Waals surface area contributed by atoms with Crippen LogP contribution in [0, 0.1) is 4.77 Å². The molecular weight excluding hydrogens is 386 g/mol. The summed E-state index contributed by atoms with van der Waals surface area (Å²) in [7, 11) is 3.73. The molecule has 0 saturated heterocycles. The summed E-state index contributed by atoms with van der Waals surface area (Å²) in [4.78, 5) is 1.22. The highest BCUT2D eigenvalue weighted by Gasteiger charge is 2.12. The fraction of sp³-hybridized carbons (Fsp3) is 0.200. The zero-order valence-electron chi connectivity index (χ0n) is 16.3. The molecule has 0 radical (unpaired) electrons. The highest BCUT2D eigenvalue weighted by molar-refractivity contribution is 7.71. The normalized spacial score (nSPS) is 12.1. The van der Waals surface area contributed by atoms with E-state index >= 15 is 0 Å². The maximum atomic E-state index is 5.56. The van der Waals surface area contributed by atoms with Crippen LogP contribution in [0.1, 0.15) is 5.56 Å². The largest absolute Gasteiger partial charge is 0.497 e. The molecule has 0 saturated carbocycles. The van der Waals surface area contributed by atoms with Crippen LogP contribution in [0.5, 0.6) is 5.75 Å². The van der Waals surface area contributed by atoms with Crippen LogP contribution in [-0.2, 0) is 13.2 Å². The molecule has 2 heterocycles. The second kappa shape index (κ2) is 8.38. The van der Waals surface area contributed by atoms with E-state index in [2.05, 4.69) is 22.6 Å². The quantitative estimate of drug-likeness (QED) is 0.471. The Morgan fingerprint density at radius 2 is 1.76 bits per heavy atom. The summed E-state index contributed by atoms with van der Waals surface area (Å²) >= 11 is 5.56. The van der Waals surface area contributed by atoms with Gasteiger partial charge in [-0.3, -0.25) is 0 Å². The van der Waals surface area contributed by atoms with Crippen molar-refractivity contribution >= 4 is 12.2 Å². The molecule has 148 valence electrons. The lowest BCUT2D eigenvalue weighted by atomic mass is 10.3. The van der Waals surface area contributed by atoms with E-state index in [-0.39, 0.29) is 0 Å². The number of aromatic nitrogens is 6. The molecule has 8 nitrogen and oxygen atoms in total. The fourth-order valence-corrected chi connectivity index (χ4v) is 3.34. The molecule has 4 aromatic rings. The Bertz CT molecular complexity index is 1130. The molecule has 0 amide bonds. The Morgan fingerprint density at radius 1 is 1.00 bits per heavy atom. The zero-order chi connectivity index (χ0) is 20.2. The van der Waals surface area contributed by atoms with Gasteiger partial charge in [0.2, 0.25) is 4.77 Å². The van der Waals surface area contributed by atoms with Crippen molar-refractivity contribution in [3.8, 4) is 17.1 Å². The molecule has 0 aliphatic rings. The van der Waals surface area contributed by atoms with Crippen molar-refractivity contribution in [1.29, 1.82) is 0 Å². The highest BCUT2D eigenvalue weighted by atomic mass is 32.1. The van der Waals surface area contributed by atoms with Crippen LogP contribution in [0.2, 0.25) is 0 Å². The summed E-state index contributed by atoms with van der Waals surface area (Å²) in [5.74, 6) is 0.785. The van der Waals surface area contributed by atoms with E-state index in [1.54, 1.807) is 16.5 Å². The van der Waals surface area contributed by atoms with Crippen LogP contribution >= 0.6 is 12.2 Å². The first-order valence-electron chi connectivity index (χ1n) is 9.21. The van der Waals surface area contributed by atoms with Gasteiger partial charge in [0, 0.05) is 11.8 Å². The number of hydrogen-bond donors (Lipinski definition) is 1. The summed E-state index contributed by atoms with van der Waals surface area (Å²) in [5, 5.41) is 12.9. The smallest absolute Gasteiger partial charge is 0.225 e. The van der Waals surface area contributed by atoms with Gasteiger partial charge in [-0.1, -0.05) is 18.2 Å². The van der Waals surface area contributed by atoms with Crippen molar-refractivity contribution in [3.63, 3.8) is 0 Å². The number of benzene rings is 2. The van der Waals surface area contributed by atoms with Crippen molar-refractivity contribution in [2.45, 2.75) is 13.2 Å². The van der Waals surface area contributed by atoms with E-state index in [9.17, 15) is 0 Å². The lowest BCUT2D eigenvalue weighted by Crippen LogP contribution is -3.07. The Kier molecular flexibility index (Phi) is 5.50. The lowest BCUT2D eigenvalue weighted by Gasteiger charge is -2.12. The Hall–Kier alpha value is -3.30. The molecule has 9 heteroatoms. The minimum absolute atomic E-state index is 0.550. The standard InChI is InChI=1S/C20H21N7OS/c1-24(13-16-12-21-25(14-16)17-6-4-3-5-7-17)15-26-20(29)27(23-22-26)18-8-10-19(28-2)11-9-18/h3-12,14H,13,15H2,1-2H3/p+1. The summed E-state index contributed by atoms with van der Waals surface area (Å²) in [6, 6.07) is 17.6. The third kappa shape index (κ3) is 4.25. The molecule has 2 aromatic heterocycles. The van der Waals surface area contributed by atoms with Gasteiger partial charge in [0.15, 0.2) is 6.67 Å². The van der Waals surface area contributed by atoms with E-state index < -0.39 is 0 Å². The molecule has 2 aromatic carbocycles. The molecule has 1 N–H and O–H groups in total. The third-order valence-corrected chi connectivity index (χ3v) is 4.92. The SMILES string of the molecule is COc1ccc(-n2nnn(C[NH+](C)Cc3cnn(-c4ccccc4)c3)c2=S)cc1. The molecule has 29 heavy (non-hydrogen) atoms. The lowest BCUT2D eigenvalue weighted by molar-refractivity contribution is -0.917. The summed E-state index contributed by atoms with van der Waals surface area (Å²) in [6.07, 6.45) is 3.94. The van der Waals surface area contributed by atoms with E-state index in [0.717, 1.165) is 29.2 Å². The molecule has 0 spiro atoms. The molecular formula is C20H22N7OS+. The van der Waals surface area contributed by atoms with Crippen LogP contribution in [0.15, 0.2) is 67.0 Å². The van der Waals surface area contributed by atoms with Crippen molar-refractivity contribution < 1.29 is 9.64 Å². The van der Waals surface area contributed by atoms with E-state index in [1.165, 1.54) is 4.90 Å². The Labute approximate surface area is 173 Å². The summed E-state index contributed by atoms with van der Waals surface area (Å²) in [5.41, 5.74) is 3.03. The number of methoxy groups -OCH3 is 1. The zero-order valence-corrected chi connectivity index (χ0v) is 17.1. The first-order valence-corrected chi connectivity index (χ1v) is 9.62. The molecule has 0 aliphatic carbocycles. The fourth-order valence-electron chi connectivity index (χ4n) is 3.09. The molecule has 0 fully saturated rings. The van der Waals surface area contributed by atoms with Gasteiger partial charge in [0.1, 0.15) is 12.3 Å². The van der Waals surface area contributed by atoms with Gasteiger partial charge in [-0.25, -0.2) is 4.68 Å². The van der Waals surface area contributed by atoms with Crippen molar-refractivity contribution in [2.24, 2.45) is 0 Å². The number of nitrogens with zero attached hydrogens (tertiary/aromatic N) is 6. The van der Waals surface area contributed by atoms with Gasteiger partial charge in [-0.05, 0) is 59.0 Å². The minimum Gasteiger partial charge on any atom is -0.497 e. The van der Waals surface area contributed by atoms with Gasteiger partial charge in [-0.2, -0.15) is 14.5 Å². The first kappa shape index (κ1) is 19.0. The van der Waals surface area contributed by atoms with Crippen molar-refractivity contribution in [1.82, 2.24) is 29.6 Å². The van der Waals surface area contributed by atoms with Crippen molar-refractivity contribution in [2.75, 3.05) is 14.2 Å². The Morgan fingerprint density at radius 3 is 2.48 bits per heavy atom. The van der Waals surface area contributed by atoms with Gasteiger partial charge in [0.25, 0.3) is 0 Å². The van der Waals surface area contributed by atoms with Gasteiger partial charge in [0.05, 0.1) is 31.7 Å².